The molecule has 1 heterocycles. The highest BCUT2D eigenvalue weighted by Gasteiger charge is 2.36. The van der Waals surface area contributed by atoms with E-state index < -0.39 is 0 Å². The molecule has 2 rings (SSSR count). The van der Waals surface area contributed by atoms with Crippen LogP contribution >= 0.6 is 0 Å². The predicted molar refractivity (Wildman–Crippen MR) is 65.1 cm³/mol. The first-order chi connectivity index (χ1) is 7.09. The second kappa shape index (κ2) is 4.42. The zero-order valence-corrected chi connectivity index (χ0v) is 10.6. The van der Waals surface area contributed by atoms with E-state index >= 15 is 0 Å². The molecule has 0 radical (unpaired) electrons. The molecule has 2 fully saturated rings. The van der Waals surface area contributed by atoms with Crippen molar-refractivity contribution in [2.45, 2.75) is 70.5 Å². The minimum atomic E-state index is 0.356. The van der Waals surface area contributed by atoms with E-state index in [-0.39, 0.29) is 0 Å². The Morgan fingerprint density at radius 3 is 2.47 bits per heavy atom. The van der Waals surface area contributed by atoms with E-state index in [1.807, 2.05) is 0 Å². The van der Waals surface area contributed by atoms with Crippen LogP contribution in [0.5, 0.6) is 0 Å². The molecule has 1 N–H and O–H groups in total. The molecule has 0 spiro atoms. The quantitative estimate of drug-likeness (QED) is 0.715. The molecule has 1 aliphatic heterocycles. The number of nitrogens with one attached hydrogen (secondary N) is 1. The van der Waals surface area contributed by atoms with Crippen LogP contribution in [0.25, 0.3) is 0 Å². The van der Waals surface area contributed by atoms with E-state index in [9.17, 15) is 0 Å². The van der Waals surface area contributed by atoms with Crippen molar-refractivity contribution in [2.75, 3.05) is 13.1 Å². The Morgan fingerprint density at radius 2 is 1.80 bits per heavy atom. The molecule has 0 bridgehead atoms. The van der Waals surface area contributed by atoms with Gasteiger partial charge in [-0.3, -0.25) is 4.90 Å². The number of hydrogen-bond acceptors (Lipinski definition) is 2. The number of hydrogen-bond donors (Lipinski definition) is 1. The monoisotopic (exact) mass is 210 g/mol. The zero-order valence-electron chi connectivity index (χ0n) is 10.6. The van der Waals surface area contributed by atoms with Crippen molar-refractivity contribution in [3.8, 4) is 0 Å². The number of nitrogens with zero attached hydrogens (tertiary/aromatic N) is 1. The molecule has 1 unspecified atom stereocenters. The summed E-state index contributed by atoms with van der Waals surface area (Å²) in [5.41, 5.74) is 0.356. The van der Waals surface area contributed by atoms with E-state index in [1.165, 1.54) is 38.6 Å². The van der Waals surface area contributed by atoms with E-state index in [2.05, 4.69) is 31.0 Å². The van der Waals surface area contributed by atoms with Gasteiger partial charge >= 0.3 is 0 Å². The Kier molecular flexibility index (Phi) is 3.36. The van der Waals surface area contributed by atoms with Crippen molar-refractivity contribution in [1.29, 1.82) is 0 Å². The summed E-state index contributed by atoms with van der Waals surface area (Å²) < 4.78 is 0. The third-order valence-electron chi connectivity index (χ3n) is 4.15. The standard InChI is InChI=1S/C13H26N2/c1-11-9-15(13(2,3)10-14-11)12-7-5-4-6-8-12/h11-12,14H,4-10H2,1-3H3. The van der Waals surface area contributed by atoms with Gasteiger partial charge in [-0.1, -0.05) is 19.3 Å². The van der Waals surface area contributed by atoms with Gasteiger partial charge in [0.25, 0.3) is 0 Å². The molecule has 0 aromatic rings. The lowest BCUT2D eigenvalue weighted by Gasteiger charge is -2.50. The topological polar surface area (TPSA) is 15.3 Å². The van der Waals surface area contributed by atoms with Gasteiger partial charge in [0, 0.05) is 30.7 Å². The highest BCUT2D eigenvalue weighted by atomic mass is 15.3. The van der Waals surface area contributed by atoms with Crippen LogP contribution in [0, 0.1) is 0 Å². The lowest BCUT2D eigenvalue weighted by Crippen LogP contribution is -2.64. The largest absolute Gasteiger partial charge is 0.311 e. The summed E-state index contributed by atoms with van der Waals surface area (Å²) in [6.45, 7) is 9.47. The van der Waals surface area contributed by atoms with Crippen LogP contribution in [-0.4, -0.2) is 35.6 Å². The smallest absolute Gasteiger partial charge is 0.0281 e. The zero-order chi connectivity index (χ0) is 10.9. The van der Waals surface area contributed by atoms with E-state index in [1.54, 1.807) is 0 Å². The maximum absolute atomic E-state index is 3.60. The average molecular weight is 210 g/mol. The van der Waals surface area contributed by atoms with Crippen molar-refractivity contribution in [3.63, 3.8) is 0 Å². The van der Waals surface area contributed by atoms with Gasteiger partial charge in [-0.25, -0.2) is 0 Å². The van der Waals surface area contributed by atoms with Crippen LogP contribution in [0.1, 0.15) is 52.9 Å². The first kappa shape index (κ1) is 11.4. The predicted octanol–water partition coefficient (Wildman–Crippen LogP) is 2.39. The lowest BCUT2D eigenvalue weighted by molar-refractivity contribution is 0.0136. The highest BCUT2D eigenvalue weighted by molar-refractivity contribution is 4.95. The van der Waals surface area contributed by atoms with Gasteiger partial charge in [-0.05, 0) is 33.6 Å². The van der Waals surface area contributed by atoms with E-state index in [0.29, 0.717) is 11.6 Å². The Hall–Kier alpha value is -0.0800. The van der Waals surface area contributed by atoms with Crippen molar-refractivity contribution < 1.29 is 0 Å². The summed E-state index contributed by atoms with van der Waals surface area (Å²) in [6, 6.07) is 1.53. The first-order valence-corrected chi connectivity index (χ1v) is 6.60. The molecule has 2 nitrogen and oxygen atoms in total. The average Bonchev–Trinajstić information content (AvgIpc) is 2.23. The molecule has 15 heavy (non-hydrogen) atoms. The third-order valence-corrected chi connectivity index (χ3v) is 4.15. The van der Waals surface area contributed by atoms with Gasteiger partial charge in [-0.15, -0.1) is 0 Å². The maximum atomic E-state index is 3.60. The minimum absolute atomic E-state index is 0.356. The Balaban J connectivity index is 2.02. The van der Waals surface area contributed by atoms with Gasteiger partial charge in [0.15, 0.2) is 0 Å². The van der Waals surface area contributed by atoms with Crippen molar-refractivity contribution in [1.82, 2.24) is 10.2 Å². The van der Waals surface area contributed by atoms with Crippen molar-refractivity contribution >= 4 is 0 Å². The second-order valence-electron chi connectivity index (χ2n) is 6.04. The first-order valence-electron chi connectivity index (χ1n) is 6.60. The van der Waals surface area contributed by atoms with Crippen LogP contribution in [0.15, 0.2) is 0 Å². The van der Waals surface area contributed by atoms with Crippen LogP contribution in [0.4, 0.5) is 0 Å². The molecule has 1 saturated carbocycles. The van der Waals surface area contributed by atoms with Gasteiger partial charge in [0.2, 0.25) is 0 Å². The van der Waals surface area contributed by atoms with Gasteiger partial charge in [-0.2, -0.15) is 0 Å². The molecule has 88 valence electrons. The van der Waals surface area contributed by atoms with Crippen LogP contribution in [-0.2, 0) is 0 Å². The fourth-order valence-electron chi connectivity index (χ4n) is 3.17. The number of piperazine rings is 1. The molecule has 1 aliphatic carbocycles. The molecule has 0 amide bonds. The molecule has 2 aliphatic rings. The molecular weight excluding hydrogens is 184 g/mol. The normalized spacial score (nSPS) is 34.2. The molecular formula is C13H26N2. The Morgan fingerprint density at radius 1 is 1.13 bits per heavy atom. The highest BCUT2D eigenvalue weighted by Crippen LogP contribution is 2.29. The van der Waals surface area contributed by atoms with Crippen LogP contribution in [0.3, 0.4) is 0 Å². The van der Waals surface area contributed by atoms with Gasteiger partial charge in [0.1, 0.15) is 0 Å². The fourth-order valence-corrected chi connectivity index (χ4v) is 3.17. The Bertz CT molecular complexity index is 207. The van der Waals surface area contributed by atoms with Gasteiger partial charge < -0.3 is 5.32 Å². The minimum Gasteiger partial charge on any atom is -0.311 e. The molecule has 1 atom stereocenters. The Labute approximate surface area is 94.4 Å². The van der Waals surface area contributed by atoms with Crippen LogP contribution in [0.2, 0.25) is 0 Å². The maximum Gasteiger partial charge on any atom is 0.0281 e. The summed E-state index contributed by atoms with van der Waals surface area (Å²) in [6.07, 6.45) is 7.20. The molecule has 0 aromatic carbocycles. The van der Waals surface area contributed by atoms with E-state index in [4.69, 9.17) is 0 Å². The van der Waals surface area contributed by atoms with Gasteiger partial charge in [0.05, 0.1) is 0 Å². The summed E-state index contributed by atoms with van der Waals surface area (Å²) in [4.78, 5) is 2.77. The van der Waals surface area contributed by atoms with Crippen molar-refractivity contribution in [3.05, 3.63) is 0 Å². The summed E-state index contributed by atoms with van der Waals surface area (Å²) in [5.74, 6) is 0. The van der Waals surface area contributed by atoms with Crippen molar-refractivity contribution in [2.24, 2.45) is 0 Å². The number of rotatable bonds is 1. The lowest BCUT2D eigenvalue weighted by atomic mass is 9.88. The SMILES string of the molecule is CC1CN(C2CCCCC2)C(C)(C)CN1. The third kappa shape index (κ3) is 2.54. The molecule has 0 aromatic heterocycles. The molecule has 1 saturated heterocycles. The molecule has 2 heteroatoms. The van der Waals surface area contributed by atoms with Crippen LogP contribution < -0.4 is 5.32 Å². The summed E-state index contributed by atoms with van der Waals surface area (Å²) in [5, 5.41) is 3.60. The summed E-state index contributed by atoms with van der Waals surface area (Å²) in [7, 11) is 0. The fraction of sp³-hybridized carbons (Fsp3) is 1.00. The second-order valence-corrected chi connectivity index (χ2v) is 6.04. The summed E-state index contributed by atoms with van der Waals surface area (Å²) >= 11 is 0. The van der Waals surface area contributed by atoms with E-state index in [0.717, 1.165) is 12.6 Å².